The van der Waals surface area contributed by atoms with Gasteiger partial charge in [0.25, 0.3) is 0 Å². The molecular weight excluding hydrogens is 1180 g/mol. The summed E-state index contributed by atoms with van der Waals surface area (Å²) >= 11 is 0. The number of carbonyl (C=O) groups excluding carboxylic acids is 7. The average molecular weight is 1270 g/mol. The Morgan fingerprint density at radius 3 is 2.02 bits per heavy atom. The number of aryl methyl sites for hydroxylation is 2. The van der Waals surface area contributed by atoms with E-state index in [2.05, 4.69) is 20.9 Å². The van der Waals surface area contributed by atoms with E-state index in [1.807, 2.05) is 87.4 Å². The lowest BCUT2D eigenvalue weighted by Gasteiger charge is -2.48. The number of hydrogen-bond donors (Lipinski definition) is 12. The molecule has 18 N–H and O–H groups in total. The van der Waals surface area contributed by atoms with Crippen LogP contribution in [0.15, 0.2) is 74.0 Å². The van der Waals surface area contributed by atoms with E-state index >= 15 is 0 Å². The predicted molar refractivity (Wildman–Crippen MR) is 333 cm³/mol. The van der Waals surface area contributed by atoms with Crippen LogP contribution in [-0.2, 0) is 51.9 Å². The average Bonchev–Trinajstić information content (AvgIpc) is 1.53. The van der Waals surface area contributed by atoms with Gasteiger partial charge >= 0.3 is 7.82 Å². The predicted octanol–water partition coefficient (Wildman–Crippen LogP) is 2.95. The number of aliphatic hydroxyl groups excluding tert-OH is 2. The molecule has 27 nitrogen and oxygen atoms in total. The summed E-state index contributed by atoms with van der Waals surface area (Å²) in [4.78, 5) is 120. The second kappa shape index (κ2) is 25.5. The molecule has 7 heterocycles. The number of primary amides is 6. The maximum Gasteiger partial charge on any atom is 0.472 e. The first kappa shape index (κ1) is 68.8. The zero-order valence-corrected chi connectivity index (χ0v) is 54.1. The molecule has 1 aromatic carbocycles. The largest absolute Gasteiger partial charge is 0.472 e. The maximum absolute atomic E-state index is 14.4. The van der Waals surface area contributed by atoms with Gasteiger partial charge in [0.15, 0.2) is 6.23 Å². The van der Waals surface area contributed by atoms with Crippen LogP contribution >= 0.6 is 7.82 Å². The molecule has 14 atom stereocenters. The van der Waals surface area contributed by atoms with Crippen LogP contribution in [0.5, 0.6) is 0 Å². The Bertz CT molecular complexity index is 3550. The highest BCUT2D eigenvalue weighted by atomic mass is 31.2. The molecule has 7 amide bonds. The summed E-state index contributed by atoms with van der Waals surface area (Å²) in [6.07, 6.45) is -4.31. The molecule has 1 aromatic heterocycles. The molecule has 14 unspecified atom stereocenters. The summed E-state index contributed by atoms with van der Waals surface area (Å²) in [6, 6.07) is 2.75. The van der Waals surface area contributed by atoms with E-state index in [4.69, 9.17) is 58.2 Å². The lowest BCUT2D eigenvalue weighted by Crippen LogP contribution is -2.60. The molecule has 90 heavy (non-hydrogen) atoms. The highest BCUT2D eigenvalue weighted by molar-refractivity contribution is 7.47. The van der Waals surface area contributed by atoms with Crippen LogP contribution in [0.3, 0.4) is 0 Å². The summed E-state index contributed by atoms with van der Waals surface area (Å²) < 4.78 is 32.3. The Kier molecular flexibility index (Phi) is 19.5. The number of nitrogens with one attached hydrogen (secondary N) is 3. The van der Waals surface area contributed by atoms with Gasteiger partial charge in [-0.25, -0.2) is 9.55 Å². The second-order valence-corrected chi connectivity index (χ2v) is 28.3. The van der Waals surface area contributed by atoms with E-state index in [9.17, 15) is 53.2 Å². The smallest absolute Gasteiger partial charge is 0.394 e. The van der Waals surface area contributed by atoms with Gasteiger partial charge in [-0.2, -0.15) is 0 Å². The number of phosphoric ester groups is 1. The second-order valence-electron chi connectivity index (χ2n) is 26.9. The monoisotopic (exact) mass is 1270 g/mol. The first-order valence-corrected chi connectivity index (χ1v) is 32.0. The van der Waals surface area contributed by atoms with Crippen molar-refractivity contribution in [3.05, 3.63) is 75.2 Å². The molecule has 3 saturated heterocycles. The molecule has 8 bridgehead atoms. The third-order valence-corrected chi connectivity index (χ3v) is 21.6. The zero-order chi connectivity index (χ0) is 66.7. The molecule has 2 aromatic rings. The fourth-order valence-electron chi connectivity index (χ4n) is 15.3. The lowest BCUT2D eigenvalue weighted by atomic mass is 9.56. The van der Waals surface area contributed by atoms with Crippen molar-refractivity contribution < 1.29 is 67.0 Å². The molecule has 0 saturated carbocycles. The van der Waals surface area contributed by atoms with Gasteiger partial charge in [0.2, 0.25) is 41.4 Å². The highest BCUT2D eigenvalue weighted by Crippen LogP contribution is 2.62. The summed E-state index contributed by atoms with van der Waals surface area (Å²) in [5, 5.41) is 32.1. The number of imidazole rings is 1. The number of amides is 7. The maximum atomic E-state index is 14.4. The van der Waals surface area contributed by atoms with E-state index in [-0.39, 0.29) is 77.2 Å². The van der Waals surface area contributed by atoms with Crippen molar-refractivity contribution in [1.82, 2.24) is 25.5 Å². The Morgan fingerprint density at radius 1 is 0.811 bits per heavy atom. The van der Waals surface area contributed by atoms with E-state index in [0.29, 0.717) is 62.0 Å². The van der Waals surface area contributed by atoms with Crippen LogP contribution in [0.1, 0.15) is 150 Å². The van der Waals surface area contributed by atoms with Crippen LogP contribution in [0, 0.1) is 53.3 Å². The zero-order valence-electron chi connectivity index (χ0n) is 53.2. The van der Waals surface area contributed by atoms with Gasteiger partial charge in [0, 0.05) is 114 Å². The topological polar surface area (TPSA) is 460 Å². The highest BCUT2D eigenvalue weighted by Gasteiger charge is 2.67. The third kappa shape index (κ3) is 12.9. The SMILES string of the molecule is CC1=C2N/C(=C\C3=C(CCC(N)=O)C(C)(CC(N)=O)C(=N3)C(C)=C3NC(C)(C4N=C1C(C)(CCC(=O)NCC(C)OP(=O)(O)OC1C(CO)OC(n5cnc6cc(C)c(C)cc65)C1O)C4CC(N)=O)C(C)(CC(N)=O)C3CCC(N)=O)C(C)(C)C2CCC(N)=O. The number of aromatic nitrogens is 2. The molecule has 3 fully saturated rings. The van der Waals surface area contributed by atoms with Crippen molar-refractivity contribution >= 4 is 71.6 Å². The van der Waals surface area contributed by atoms with Crippen LogP contribution in [-0.4, -0.2) is 127 Å². The standard InChI is InChI=1S/C62H90N13O14P/c1-29-20-39-40(21-30(29)2)75(28-70-39)57-52(84)53(41(27-76)87-57)89-90(85,86)88-31(3)26-69-49(83)18-19-59(8)37(22-46(66)80)56-62(11)61(10,25-48(68)82)36(14-17-45(65)79)51(74-62)33(5)55-60(9,24-47(67)81)34(12-15-43(63)77)38(71-55)23-42-58(6,7)35(13-16-44(64)78)50(72-42)32(4)54(59)73-56/h20-21,23,28,31,35-37,41,52-53,56-57,72,74,76,84H,12-19,22,24-27H2,1-11H3,(H2,63,77)(H2,64,78)(H2,65,79)(H2,66,80)(H2,67,81)(H2,68,82)(H,69,83)(H,85,86)/b42-23-,50-32?,51-33?. The number of ether oxygens (including phenoxy) is 1. The number of nitrogens with two attached hydrogens (primary N) is 6. The Labute approximate surface area is 523 Å². The van der Waals surface area contributed by atoms with Gasteiger partial charge in [-0.15, -0.1) is 0 Å². The number of hydrogen-bond acceptors (Lipinski definition) is 18. The van der Waals surface area contributed by atoms with Crippen molar-refractivity contribution in [3.63, 3.8) is 0 Å². The molecule has 6 aliphatic heterocycles. The number of aliphatic imine (C=N–C) groups is 2. The lowest BCUT2D eigenvalue weighted by molar-refractivity contribution is -0.124. The summed E-state index contributed by atoms with van der Waals surface area (Å²) in [6.45, 7) is 19.4. The number of fused-ring (bicyclic) bond motifs is 8. The Morgan fingerprint density at radius 2 is 1.42 bits per heavy atom. The summed E-state index contributed by atoms with van der Waals surface area (Å²) in [5.41, 5.74) is 38.1. The summed E-state index contributed by atoms with van der Waals surface area (Å²) in [7, 11) is -5.06. The van der Waals surface area contributed by atoms with Crippen molar-refractivity contribution in [3.8, 4) is 0 Å². The normalized spacial score (nSPS) is 31.8. The number of phosphoric acid groups is 1. The van der Waals surface area contributed by atoms with Crippen LogP contribution < -0.4 is 50.4 Å². The number of rotatable bonds is 26. The van der Waals surface area contributed by atoms with Gasteiger partial charge in [-0.05, 0) is 120 Å². The quantitative estimate of drug-likeness (QED) is 0.0602. The van der Waals surface area contributed by atoms with Gasteiger partial charge in [0.1, 0.15) is 18.3 Å². The van der Waals surface area contributed by atoms with Crippen molar-refractivity contribution in [2.45, 2.75) is 189 Å². The molecule has 28 heteroatoms. The minimum atomic E-state index is -5.06. The van der Waals surface area contributed by atoms with Crippen LogP contribution in [0.25, 0.3) is 11.0 Å². The molecule has 8 rings (SSSR count). The Balaban J connectivity index is 1.19. The van der Waals surface area contributed by atoms with Gasteiger partial charge < -0.3 is 74.8 Å². The fourth-order valence-corrected chi connectivity index (χ4v) is 16.5. The van der Waals surface area contributed by atoms with Crippen molar-refractivity contribution in [1.29, 1.82) is 0 Å². The van der Waals surface area contributed by atoms with Crippen LogP contribution in [0.4, 0.5) is 0 Å². The Hall–Kier alpha value is -7.13. The number of allylic oxidation sites excluding steroid dienone is 7. The van der Waals surface area contributed by atoms with E-state index in [0.717, 1.165) is 11.1 Å². The fraction of sp³-hybridized carbons (Fsp3) is 0.613. The number of nitrogens with zero attached hydrogens (tertiary/aromatic N) is 4. The van der Waals surface area contributed by atoms with Crippen LogP contribution in [0.2, 0.25) is 0 Å². The molecule has 6 aliphatic rings. The summed E-state index contributed by atoms with van der Waals surface area (Å²) in [5.74, 6) is -6.46. The first-order chi connectivity index (χ1) is 41.8. The van der Waals surface area contributed by atoms with E-state index in [1.165, 1.54) is 13.3 Å². The van der Waals surface area contributed by atoms with Gasteiger partial charge in [-0.3, -0.25) is 52.6 Å². The molecule has 492 valence electrons. The molecule has 0 aliphatic carbocycles. The molecule has 0 spiro atoms. The first-order valence-electron chi connectivity index (χ1n) is 30.5. The number of carbonyl (C=O) groups is 7. The van der Waals surface area contributed by atoms with Crippen molar-refractivity contribution in [2.24, 2.45) is 83.8 Å². The van der Waals surface area contributed by atoms with E-state index in [1.54, 1.807) is 4.57 Å². The van der Waals surface area contributed by atoms with Crippen molar-refractivity contribution in [2.75, 3.05) is 13.2 Å². The minimum absolute atomic E-state index is 0.00804. The number of benzene rings is 1. The van der Waals surface area contributed by atoms with Gasteiger partial charge in [-0.1, -0.05) is 27.7 Å². The van der Waals surface area contributed by atoms with Gasteiger partial charge in [0.05, 0.1) is 53.1 Å². The third-order valence-electron chi connectivity index (χ3n) is 20.5. The molecule has 0 radical (unpaired) electrons. The minimum Gasteiger partial charge on any atom is -0.394 e. The van der Waals surface area contributed by atoms with E-state index < -0.39 is 137 Å². The number of aliphatic hydroxyl groups is 2. The molecular formula is C62H90N13O14P.